The minimum atomic E-state index is -4.59. The number of anilines is 1. The van der Waals surface area contributed by atoms with E-state index in [2.05, 4.69) is 5.32 Å². The molecule has 0 radical (unpaired) electrons. The molecular formula is C11H12Cl2F3NO2. The first-order valence-electron chi connectivity index (χ1n) is 5.22. The summed E-state index contributed by atoms with van der Waals surface area (Å²) in [5, 5.41) is 11.4. The molecule has 0 aliphatic carbocycles. The van der Waals surface area contributed by atoms with E-state index < -0.39 is 22.9 Å². The van der Waals surface area contributed by atoms with Gasteiger partial charge in [-0.1, -0.05) is 11.6 Å². The van der Waals surface area contributed by atoms with Gasteiger partial charge in [0.15, 0.2) is 0 Å². The van der Waals surface area contributed by atoms with Gasteiger partial charge in [-0.25, -0.2) is 0 Å². The molecule has 0 aliphatic heterocycles. The lowest BCUT2D eigenvalue weighted by atomic mass is 10.1. The van der Waals surface area contributed by atoms with Gasteiger partial charge in [-0.3, -0.25) is 0 Å². The van der Waals surface area contributed by atoms with E-state index >= 15 is 0 Å². The zero-order valence-electron chi connectivity index (χ0n) is 9.89. The lowest BCUT2D eigenvalue weighted by molar-refractivity contribution is -0.137. The maximum atomic E-state index is 12.8. The summed E-state index contributed by atoms with van der Waals surface area (Å²) in [7, 11) is 1.25. The summed E-state index contributed by atoms with van der Waals surface area (Å²) in [5.74, 6) is -0.0274. The van der Waals surface area contributed by atoms with Crippen LogP contribution in [0.2, 0.25) is 5.02 Å². The number of aliphatic hydroxyl groups excluding tert-OH is 1. The van der Waals surface area contributed by atoms with E-state index in [1.54, 1.807) is 0 Å². The summed E-state index contributed by atoms with van der Waals surface area (Å²) in [4.78, 5) is 0. The number of hydrogen-bond acceptors (Lipinski definition) is 3. The molecule has 1 atom stereocenters. The predicted octanol–water partition coefficient (Wildman–Crippen LogP) is 3.38. The maximum Gasteiger partial charge on any atom is 0.418 e. The molecule has 1 aromatic carbocycles. The number of benzene rings is 1. The molecule has 1 unspecified atom stereocenters. The molecule has 0 saturated carbocycles. The van der Waals surface area contributed by atoms with Gasteiger partial charge in [-0.15, -0.1) is 11.6 Å². The molecule has 0 saturated heterocycles. The number of ether oxygens (including phenoxy) is 1. The molecule has 0 bridgehead atoms. The Bertz CT molecular complexity index is 441. The summed E-state index contributed by atoms with van der Waals surface area (Å²) in [6.45, 7) is -0.0202. The second-order valence-corrected chi connectivity index (χ2v) is 4.41. The Hall–Kier alpha value is -0.850. The van der Waals surface area contributed by atoms with Gasteiger partial charge in [-0.05, 0) is 6.07 Å². The quantitative estimate of drug-likeness (QED) is 0.818. The highest BCUT2D eigenvalue weighted by Crippen LogP contribution is 2.41. The average molecular weight is 318 g/mol. The zero-order valence-corrected chi connectivity index (χ0v) is 11.4. The Kier molecular flexibility index (Phi) is 5.58. The monoisotopic (exact) mass is 317 g/mol. The highest BCUT2D eigenvalue weighted by molar-refractivity contribution is 6.34. The molecule has 2 N–H and O–H groups in total. The van der Waals surface area contributed by atoms with E-state index in [4.69, 9.17) is 27.9 Å². The fraction of sp³-hybridized carbons (Fsp3) is 0.455. The van der Waals surface area contributed by atoms with Gasteiger partial charge in [-0.2, -0.15) is 13.2 Å². The number of hydrogen-bond donors (Lipinski definition) is 2. The van der Waals surface area contributed by atoms with E-state index in [9.17, 15) is 18.3 Å². The SMILES string of the molecule is COc1cc(NCC(O)CCl)c(Cl)c(C(F)(F)F)c1. The van der Waals surface area contributed by atoms with Crippen LogP contribution in [0.1, 0.15) is 5.56 Å². The number of aliphatic hydroxyl groups is 1. The van der Waals surface area contributed by atoms with Gasteiger partial charge >= 0.3 is 6.18 Å². The van der Waals surface area contributed by atoms with Crippen LogP contribution >= 0.6 is 23.2 Å². The van der Waals surface area contributed by atoms with Gasteiger partial charge < -0.3 is 15.2 Å². The Morgan fingerprint density at radius 1 is 1.42 bits per heavy atom. The lowest BCUT2D eigenvalue weighted by Crippen LogP contribution is -2.21. The van der Waals surface area contributed by atoms with Crippen LogP contribution in [0.25, 0.3) is 0 Å². The largest absolute Gasteiger partial charge is 0.497 e. The first-order chi connectivity index (χ1) is 8.79. The van der Waals surface area contributed by atoms with Gasteiger partial charge in [0.1, 0.15) is 5.75 Å². The molecule has 8 heteroatoms. The van der Waals surface area contributed by atoms with Crippen LogP contribution < -0.4 is 10.1 Å². The summed E-state index contributed by atoms with van der Waals surface area (Å²) >= 11 is 11.1. The van der Waals surface area contributed by atoms with Gasteiger partial charge in [0.25, 0.3) is 0 Å². The first kappa shape index (κ1) is 16.2. The molecule has 0 fully saturated rings. The van der Waals surface area contributed by atoms with Crippen molar-refractivity contribution in [3.8, 4) is 5.75 Å². The molecule has 3 nitrogen and oxygen atoms in total. The normalized spacial score (nSPS) is 13.2. The average Bonchev–Trinajstić information content (AvgIpc) is 2.35. The van der Waals surface area contributed by atoms with E-state index in [1.807, 2.05) is 0 Å². The van der Waals surface area contributed by atoms with E-state index in [0.29, 0.717) is 0 Å². The molecule has 0 spiro atoms. The highest BCUT2D eigenvalue weighted by Gasteiger charge is 2.35. The fourth-order valence-corrected chi connectivity index (χ4v) is 1.73. The van der Waals surface area contributed by atoms with Crippen LogP contribution in [-0.2, 0) is 6.18 Å². The third kappa shape index (κ3) is 4.33. The summed E-state index contributed by atoms with van der Waals surface area (Å²) in [6, 6.07) is 2.13. The highest BCUT2D eigenvalue weighted by atomic mass is 35.5. The Balaban J connectivity index is 3.09. The van der Waals surface area contributed by atoms with Crippen LogP contribution in [-0.4, -0.2) is 30.7 Å². The summed E-state index contributed by atoms with van der Waals surface area (Å²) in [6.07, 6.45) is -5.48. The molecule has 108 valence electrons. The third-order valence-electron chi connectivity index (χ3n) is 2.29. The van der Waals surface area contributed by atoms with Crippen molar-refractivity contribution in [2.75, 3.05) is 24.9 Å². The van der Waals surface area contributed by atoms with Crippen molar-refractivity contribution in [1.29, 1.82) is 0 Å². The molecule has 0 heterocycles. The van der Waals surface area contributed by atoms with Crippen LogP contribution in [0.4, 0.5) is 18.9 Å². The van der Waals surface area contributed by atoms with Crippen molar-refractivity contribution in [2.24, 2.45) is 0 Å². The molecule has 1 aromatic rings. The third-order valence-corrected chi connectivity index (χ3v) is 3.06. The molecular weight excluding hydrogens is 306 g/mol. The van der Waals surface area contributed by atoms with Crippen LogP contribution in [0.3, 0.4) is 0 Å². The molecule has 19 heavy (non-hydrogen) atoms. The van der Waals surface area contributed by atoms with Crippen molar-refractivity contribution < 1.29 is 23.0 Å². The Labute approximate surface area is 118 Å². The standard InChI is InChI=1S/C11H12Cl2F3NO2/c1-19-7-2-8(11(14,15)16)10(13)9(3-7)17-5-6(18)4-12/h2-3,6,17-18H,4-5H2,1H3. The van der Waals surface area contributed by atoms with Crippen molar-refractivity contribution in [2.45, 2.75) is 12.3 Å². The molecule has 0 amide bonds. The summed E-state index contributed by atoms with van der Waals surface area (Å²) in [5.41, 5.74) is -0.978. The lowest BCUT2D eigenvalue weighted by Gasteiger charge is -2.17. The van der Waals surface area contributed by atoms with E-state index in [0.717, 1.165) is 6.07 Å². The van der Waals surface area contributed by atoms with Crippen molar-refractivity contribution in [3.05, 3.63) is 22.7 Å². The van der Waals surface area contributed by atoms with Gasteiger partial charge in [0, 0.05) is 12.6 Å². The minimum Gasteiger partial charge on any atom is -0.497 e. The van der Waals surface area contributed by atoms with Gasteiger partial charge in [0.05, 0.1) is 35.4 Å². The number of nitrogens with one attached hydrogen (secondary N) is 1. The predicted molar refractivity (Wildman–Crippen MR) is 68.2 cm³/mol. The maximum absolute atomic E-state index is 12.8. The molecule has 0 aliphatic rings. The summed E-state index contributed by atoms with van der Waals surface area (Å²) < 4.78 is 43.1. The Morgan fingerprint density at radius 3 is 2.53 bits per heavy atom. The van der Waals surface area contributed by atoms with E-state index in [-0.39, 0.29) is 23.9 Å². The van der Waals surface area contributed by atoms with Crippen LogP contribution in [0.5, 0.6) is 5.75 Å². The smallest absolute Gasteiger partial charge is 0.418 e. The van der Waals surface area contributed by atoms with Crippen molar-refractivity contribution >= 4 is 28.9 Å². The second-order valence-electron chi connectivity index (χ2n) is 3.72. The zero-order chi connectivity index (χ0) is 14.6. The van der Waals surface area contributed by atoms with Crippen molar-refractivity contribution in [1.82, 2.24) is 0 Å². The number of rotatable bonds is 5. The second kappa shape index (κ2) is 6.54. The number of methoxy groups -OCH3 is 1. The number of halogens is 5. The minimum absolute atomic E-state index is 0.0135. The van der Waals surface area contributed by atoms with Crippen molar-refractivity contribution in [3.63, 3.8) is 0 Å². The molecule has 0 aromatic heterocycles. The molecule has 1 rings (SSSR count). The topological polar surface area (TPSA) is 41.5 Å². The van der Waals surface area contributed by atoms with Gasteiger partial charge in [0.2, 0.25) is 0 Å². The first-order valence-corrected chi connectivity index (χ1v) is 6.13. The van der Waals surface area contributed by atoms with E-state index in [1.165, 1.54) is 13.2 Å². The van der Waals surface area contributed by atoms with Crippen LogP contribution in [0, 0.1) is 0 Å². The Morgan fingerprint density at radius 2 is 2.05 bits per heavy atom. The number of alkyl halides is 4. The fourth-order valence-electron chi connectivity index (χ4n) is 1.33. The van der Waals surface area contributed by atoms with Crippen LogP contribution in [0.15, 0.2) is 12.1 Å².